The maximum Gasteiger partial charge on any atom is 0.120 e. The average molecular weight is 270 g/mol. The molecule has 4 nitrogen and oxygen atoms in total. The Labute approximate surface area is 119 Å². The first-order valence-electron chi connectivity index (χ1n) is 6.67. The Morgan fingerprint density at radius 3 is 3.10 bits per heavy atom. The van der Waals surface area contributed by atoms with Crippen molar-refractivity contribution in [1.82, 2.24) is 9.55 Å². The molecule has 0 saturated carbocycles. The molecule has 0 bridgehead atoms. The van der Waals surface area contributed by atoms with Crippen LogP contribution in [0.3, 0.4) is 0 Å². The van der Waals surface area contributed by atoms with Crippen LogP contribution in [0.1, 0.15) is 18.4 Å². The summed E-state index contributed by atoms with van der Waals surface area (Å²) in [5.41, 5.74) is 0.908. The normalized spacial score (nSPS) is 9.85. The van der Waals surface area contributed by atoms with E-state index in [9.17, 15) is 0 Å². The molecule has 20 heavy (non-hydrogen) atoms. The predicted molar refractivity (Wildman–Crippen MR) is 77.4 cm³/mol. The average Bonchev–Trinajstić information content (AvgIpc) is 2.98. The van der Waals surface area contributed by atoms with Crippen LogP contribution in [0.25, 0.3) is 0 Å². The van der Waals surface area contributed by atoms with Gasteiger partial charge in [-0.05, 0) is 24.6 Å². The van der Waals surface area contributed by atoms with Gasteiger partial charge in [0.15, 0.2) is 0 Å². The number of benzene rings is 1. The molecule has 2 rings (SSSR count). The van der Waals surface area contributed by atoms with Crippen molar-refractivity contribution >= 4 is 0 Å². The largest absolute Gasteiger partial charge is 0.493 e. The van der Waals surface area contributed by atoms with E-state index in [1.54, 1.807) is 12.5 Å². The van der Waals surface area contributed by atoms with Crippen LogP contribution >= 0.6 is 0 Å². The molecule has 0 aliphatic rings. The lowest BCUT2D eigenvalue weighted by Crippen LogP contribution is -2.03. The van der Waals surface area contributed by atoms with Gasteiger partial charge in [-0.2, -0.15) is 0 Å². The summed E-state index contributed by atoms with van der Waals surface area (Å²) in [6.07, 6.45) is 6.94. The summed E-state index contributed by atoms with van der Waals surface area (Å²) in [5.74, 6) is 6.72. The van der Waals surface area contributed by atoms with Crippen molar-refractivity contribution in [3.05, 3.63) is 48.5 Å². The second-order valence-electron chi connectivity index (χ2n) is 4.31. The highest BCUT2D eigenvalue weighted by Gasteiger charge is 1.96. The van der Waals surface area contributed by atoms with Gasteiger partial charge in [0.05, 0.1) is 19.5 Å². The van der Waals surface area contributed by atoms with Crippen LogP contribution in [0.5, 0.6) is 5.75 Å². The van der Waals surface area contributed by atoms with Crippen LogP contribution in [-0.4, -0.2) is 27.9 Å². The first-order valence-corrected chi connectivity index (χ1v) is 6.67. The van der Waals surface area contributed by atoms with Gasteiger partial charge in [0.2, 0.25) is 0 Å². The van der Waals surface area contributed by atoms with Crippen LogP contribution in [0.15, 0.2) is 43.0 Å². The number of ether oxygens (including phenoxy) is 1. The van der Waals surface area contributed by atoms with Gasteiger partial charge in [0.1, 0.15) is 5.75 Å². The molecule has 1 aromatic heterocycles. The fraction of sp³-hybridized carbons (Fsp3) is 0.312. The summed E-state index contributed by atoms with van der Waals surface area (Å²) in [6.45, 7) is 1.65. The molecule has 1 aromatic carbocycles. The highest BCUT2D eigenvalue weighted by molar-refractivity contribution is 5.39. The SMILES string of the molecule is OCCC#Cc1cccc(OCCCn2ccnc2)c1. The molecule has 1 N–H and O–H groups in total. The topological polar surface area (TPSA) is 47.3 Å². The number of nitrogens with zero attached hydrogens (tertiary/aromatic N) is 2. The molecule has 4 heteroatoms. The second kappa shape index (κ2) is 8.03. The molecule has 0 unspecified atom stereocenters. The quantitative estimate of drug-likeness (QED) is 0.646. The first-order chi connectivity index (χ1) is 9.88. The Kier molecular flexibility index (Phi) is 5.69. The zero-order valence-corrected chi connectivity index (χ0v) is 11.3. The Hall–Kier alpha value is -2.25. The molecule has 0 amide bonds. The fourth-order valence-electron chi connectivity index (χ4n) is 1.74. The summed E-state index contributed by atoms with van der Waals surface area (Å²) in [6, 6.07) is 7.70. The van der Waals surface area contributed by atoms with E-state index in [1.807, 2.05) is 35.0 Å². The highest BCUT2D eigenvalue weighted by Crippen LogP contribution is 2.13. The van der Waals surface area contributed by atoms with Crippen LogP contribution in [0, 0.1) is 11.8 Å². The number of imidazole rings is 1. The van der Waals surface area contributed by atoms with Gasteiger partial charge in [-0.25, -0.2) is 4.98 Å². The van der Waals surface area contributed by atoms with E-state index in [0.717, 1.165) is 24.3 Å². The lowest BCUT2D eigenvalue weighted by atomic mass is 10.2. The van der Waals surface area contributed by atoms with Gasteiger partial charge in [-0.15, -0.1) is 0 Å². The molecule has 0 saturated heterocycles. The van der Waals surface area contributed by atoms with Crippen molar-refractivity contribution < 1.29 is 9.84 Å². The third-order valence-corrected chi connectivity index (χ3v) is 2.69. The monoisotopic (exact) mass is 270 g/mol. The molecule has 0 fully saturated rings. The minimum Gasteiger partial charge on any atom is -0.493 e. The van der Waals surface area contributed by atoms with Gasteiger partial charge in [0.25, 0.3) is 0 Å². The van der Waals surface area contributed by atoms with Gasteiger partial charge >= 0.3 is 0 Å². The fourth-order valence-corrected chi connectivity index (χ4v) is 1.74. The molecule has 2 aromatic rings. The summed E-state index contributed by atoms with van der Waals surface area (Å²) >= 11 is 0. The van der Waals surface area contributed by atoms with Crippen LogP contribution in [-0.2, 0) is 6.54 Å². The van der Waals surface area contributed by atoms with Gasteiger partial charge in [-0.3, -0.25) is 0 Å². The Bertz CT molecular complexity index is 568. The molecule has 0 aliphatic carbocycles. The van der Waals surface area contributed by atoms with E-state index < -0.39 is 0 Å². The van der Waals surface area contributed by atoms with Gasteiger partial charge < -0.3 is 14.4 Å². The zero-order chi connectivity index (χ0) is 14.0. The lowest BCUT2D eigenvalue weighted by molar-refractivity contribution is 0.301. The standard InChI is InChI=1S/C16H18N2O2/c19-11-2-1-5-15-6-3-7-16(13-15)20-12-4-9-18-10-8-17-14-18/h3,6-8,10,13-14,19H,2,4,9,11-12H2. The summed E-state index contributed by atoms with van der Waals surface area (Å²) < 4.78 is 7.73. The van der Waals surface area contributed by atoms with E-state index in [4.69, 9.17) is 9.84 Å². The number of hydrogen-bond acceptors (Lipinski definition) is 3. The maximum atomic E-state index is 8.69. The van der Waals surface area contributed by atoms with Crippen molar-refractivity contribution in [3.63, 3.8) is 0 Å². The number of rotatable bonds is 6. The van der Waals surface area contributed by atoms with Crippen LogP contribution < -0.4 is 4.74 Å². The molecular weight excluding hydrogens is 252 g/mol. The second-order valence-corrected chi connectivity index (χ2v) is 4.31. The minimum absolute atomic E-state index is 0.0947. The Morgan fingerprint density at radius 2 is 2.30 bits per heavy atom. The van der Waals surface area contributed by atoms with Crippen LogP contribution in [0.4, 0.5) is 0 Å². The number of aryl methyl sites for hydroxylation is 1. The predicted octanol–water partition coefficient (Wildman–Crippen LogP) is 2.09. The third-order valence-electron chi connectivity index (χ3n) is 2.69. The minimum atomic E-state index is 0.0947. The molecule has 0 radical (unpaired) electrons. The Morgan fingerprint density at radius 1 is 1.35 bits per heavy atom. The summed E-state index contributed by atoms with van der Waals surface area (Å²) in [4.78, 5) is 4.00. The molecule has 1 heterocycles. The van der Waals surface area contributed by atoms with E-state index >= 15 is 0 Å². The molecular formula is C16H18N2O2. The lowest BCUT2D eigenvalue weighted by Gasteiger charge is -2.06. The summed E-state index contributed by atoms with van der Waals surface area (Å²) in [5, 5.41) is 8.69. The molecule has 0 spiro atoms. The van der Waals surface area contributed by atoms with Crippen LogP contribution in [0.2, 0.25) is 0 Å². The molecule has 0 aliphatic heterocycles. The third kappa shape index (κ3) is 4.79. The van der Waals surface area contributed by atoms with Crippen molar-refractivity contribution in [1.29, 1.82) is 0 Å². The highest BCUT2D eigenvalue weighted by atomic mass is 16.5. The maximum absolute atomic E-state index is 8.69. The number of aromatic nitrogens is 2. The van der Waals surface area contributed by atoms with E-state index in [0.29, 0.717) is 13.0 Å². The van der Waals surface area contributed by atoms with Gasteiger partial charge in [-0.1, -0.05) is 17.9 Å². The zero-order valence-electron chi connectivity index (χ0n) is 11.3. The van der Waals surface area contributed by atoms with Crippen molar-refractivity contribution in [3.8, 4) is 17.6 Å². The molecule has 104 valence electrons. The number of aliphatic hydroxyl groups excluding tert-OH is 1. The number of hydrogen-bond donors (Lipinski definition) is 1. The summed E-state index contributed by atoms with van der Waals surface area (Å²) in [7, 11) is 0. The number of aliphatic hydroxyl groups is 1. The van der Waals surface area contributed by atoms with Gasteiger partial charge in [0, 0.05) is 30.9 Å². The molecule has 0 atom stereocenters. The van der Waals surface area contributed by atoms with E-state index in [1.165, 1.54) is 0 Å². The van der Waals surface area contributed by atoms with Crippen molar-refractivity contribution in [2.45, 2.75) is 19.4 Å². The van der Waals surface area contributed by atoms with Crippen molar-refractivity contribution in [2.75, 3.05) is 13.2 Å². The van der Waals surface area contributed by atoms with E-state index in [-0.39, 0.29) is 6.61 Å². The first kappa shape index (κ1) is 14.2. The van der Waals surface area contributed by atoms with E-state index in [2.05, 4.69) is 16.8 Å². The van der Waals surface area contributed by atoms with Crippen molar-refractivity contribution in [2.24, 2.45) is 0 Å². The Balaban J connectivity index is 1.78. The smallest absolute Gasteiger partial charge is 0.120 e.